The van der Waals surface area contributed by atoms with Gasteiger partial charge >= 0.3 is 0 Å². The van der Waals surface area contributed by atoms with Crippen LogP contribution in [0.3, 0.4) is 0 Å². The van der Waals surface area contributed by atoms with E-state index < -0.39 is 0 Å². The molecule has 0 aliphatic heterocycles. The maximum absolute atomic E-state index is 5.10. The van der Waals surface area contributed by atoms with Gasteiger partial charge in [-0.05, 0) is 0 Å². The van der Waals surface area contributed by atoms with Crippen molar-refractivity contribution < 1.29 is 9.47 Å². The molecule has 0 aromatic heterocycles. The zero-order valence-corrected chi connectivity index (χ0v) is 9.74. The summed E-state index contributed by atoms with van der Waals surface area (Å²) in [5.41, 5.74) is 0. The molecule has 0 unspecified atom stereocenters. The van der Waals surface area contributed by atoms with Crippen molar-refractivity contribution in [3.8, 4) is 0 Å². The molecule has 64 valence electrons. The molecule has 0 aliphatic rings. The van der Waals surface area contributed by atoms with Crippen LogP contribution in [0, 0.1) is 0 Å². The zero-order chi connectivity index (χ0) is 7.66. The second-order valence-corrected chi connectivity index (χ2v) is 2.57. The molecule has 2 nitrogen and oxygen atoms in total. The Kier molecular flexibility index (Phi) is 30.0. The van der Waals surface area contributed by atoms with E-state index >= 15 is 0 Å². The van der Waals surface area contributed by atoms with Crippen LogP contribution in [0.2, 0.25) is 0 Å². The van der Waals surface area contributed by atoms with Crippen LogP contribution in [0.25, 0.3) is 0 Å². The van der Waals surface area contributed by atoms with E-state index in [4.69, 9.17) is 9.47 Å². The summed E-state index contributed by atoms with van der Waals surface area (Å²) < 4.78 is 10.2. The molecule has 0 rings (SSSR count). The van der Waals surface area contributed by atoms with Crippen molar-refractivity contribution in [1.82, 2.24) is 0 Å². The average Bonchev–Trinajstić information content (AvgIpc) is 1.97. The standard InChI is InChI=1S/C6H14O2S2.2Li/c9-5-3-7-1-2-8-4-6-10;;/h9-10H,1-6H2;;. The third-order valence-electron chi connectivity index (χ3n) is 0.843. The third kappa shape index (κ3) is 17.8. The Morgan fingerprint density at radius 1 is 0.667 bits per heavy atom. The van der Waals surface area contributed by atoms with Gasteiger partial charge in [-0.3, -0.25) is 0 Å². The van der Waals surface area contributed by atoms with E-state index in [1.165, 1.54) is 0 Å². The van der Waals surface area contributed by atoms with E-state index in [0.717, 1.165) is 11.5 Å². The van der Waals surface area contributed by atoms with Gasteiger partial charge in [0.2, 0.25) is 0 Å². The number of hydrogen-bond acceptors (Lipinski definition) is 4. The minimum absolute atomic E-state index is 0. The fourth-order valence-electron chi connectivity index (χ4n) is 0.451. The van der Waals surface area contributed by atoms with E-state index in [2.05, 4.69) is 25.3 Å². The summed E-state index contributed by atoms with van der Waals surface area (Å²) in [6.07, 6.45) is 0. The first-order chi connectivity index (χ1) is 4.91. The number of ether oxygens (including phenoxy) is 2. The summed E-state index contributed by atoms with van der Waals surface area (Å²) in [5.74, 6) is 1.54. The summed E-state index contributed by atoms with van der Waals surface area (Å²) in [6.45, 7) is 2.73. The first-order valence-electron chi connectivity index (χ1n) is 3.29. The second-order valence-electron chi connectivity index (χ2n) is 1.67. The average molecular weight is 196 g/mol. The zero-order valence-electron chi connectivity index (χ0n) is 7.95. The maximum Gasteiger partial charge on any atom is 0.0700 e. The van der Waals surface area contributed by atoms with Crippen molar-refractivity contribution in [1.29, 1.82) is 0 Å². The fraction of sp³-hybridized carbons (Fsp3) is 1.00. The minimum atomic E-state index is 0. The molecule has 2 radical (unpaired) electrons. The monoisotopic (exact) mass is 196 g/mol. The molecule has 0 saturated carbocycles. The predicted octanol–water partition coefficient (Wildman–Crippen LogP) is 0.118. The molecule has 6 heteroatoms. The van der Waals surface area contributed by atoms with Crippen molar-refractivity contribution in [2.75, 3.05) is 37.9 Å². The topological polar surface area (TPSA) is 18.5 Å². The smallest absolute Gasteiger partial charge is 0.0700 e. The summed E-state index contributed by atoms with van der Waals surface area (Å²) in [6, 6.07) is 0. The Morgan fingerprint density at radius 3 is 1.25 bits per heavy atom. The first-order valence-corrected chi connectivity index (χ1v) is 4.55. The maximum atomic E-state index is 5.10. The summed E-state index contributed by atoms with van der Waals surface area (Å²) >= 11 is 7.97. The SMILES string of the molecule is SCCOCCOCCS.[Li].[Li]. The third-order valence-corrected chi connectivity index (χ3v) is 1.21. The van der Waals surface area contributed by atoms with Crippen LogP contribution in [0.15, 0.2) is 0 Å². The van der Waals surface area contributed by atoms with E-state index in [9.17, 15) is 0 Å². The molecule has 0 spiro atoms. The molecule has 0 saturated heterocycles. The first kappa shape index (κ1) is 19.4. The van der Waals surface area contributed by atoms with Gasteiger partial charge in [0.1, 0.15) is 0 Å². The van der Waals surface area contributed by atoms with Gasteiger partial charge in [0, 0.05) is 49.2 Å². The van der Waals surface area contributed by atoms with Gasteiger partial charge in [0.05, 0.1) is 26.4 Å². The summed E-state index contributed by atoms with van der Waals surface area (Å²) in [7, 11) is 0. The van der Waals surface area contributed by atoms with Gasteiger partial charge in [-0.1, -0.05) is 0 Å². The van der Waals surface area contributed by atoms with Gasteiger partial charge in [0.25, 0.3) is 0 Å². The van der Waals surface area contributed by atoms with Crippen molar-refractivity contribution in [3.63, 3.8) is 0 Å². The molecule has 0 aromatic rings. The van der Waals surface area contributed by atoms with Crippen molar-refractivity contribution in [2.24, 2.45) is 0 Å². The Hall–Kier alpha value is 1.81. The number of thiol groups is 2. The molecular formula is C6H14Li2O2S2. The van der Waals surface area contributed by atoms with Crippen LogP contribution in [-0.4, -0.2) is 75.7 Å². The molecule has 0 fully saturated rings. The molecular weight excluding hydrogens is 182 g/mol. The van der Waals surface area contributed by atoms with Crippen LogP contribution in [0.4, 0.5) is 0 Å². The Bertz CT molecular complexity index is 61.5. The summed E-state index contributed by atoms with van der Waals surface area (Å²) in [5, 5.41) is 0. The Labute approximate surface area is 110 Å². The van der Waals surface area contributed by atoms with Crippen molar-refractivity contribution in [3.05, 3.63) is 0 Å². The van der Waals surface area contributed by atoms with E-state index in [-0.39, 0.29) is 37.7 Å². The predicted molar refractivity (Wildman–Crippen MR) is 60.9 cm³/mol. The Balaban J connectivity index is -0.000000405. The molecule has 0 bridgehead atoms. The molecule has 12 heavy (non-hydrogen) atoms. The summed E-state index contributed by atoms with van der Waals surface area (Å²) in [4.78, 5) is 0. The number of hydrogen-bond donors (Lipinski definition) is 2. The van der Waals surface area contributed by atoms with Gasteiger partial charge < -0.3 is 9.47 Å². The largest absolute Gasteiger partial charge is 0.378 e. The van der Waals surface area contributed by atoms with Crippen LogP contribution in [0.5, 0.6) is 0 Å². The molecule has 0 aliphatic carbocycles. The van der Waals surface area contributed by atoms with E-state index in [1.807, 2.05) is 0 Å². The Morgan fingerprint density at radius 2 is 1.00 bits per heavy atom. The normalized spacial score (nSPS) is 8.50. The molecule has 0 heterocycles. The van der Waals surface area contributed by atoms with Gasteiger partial charge in [0.15, 0.2) is 0 Å². The van der Waals surface area contributed by atoms with Gasteiger partial charge in [-0.2, -0.15) is 25.3 Å². The second kappa shape index (κ2) is 18.6. The number of rotatable bonds is 7. The molecule has 0 aromatic carbocycles. The van der Waals surface area contributed by atoms with Gasteiger partial charge in [-0.15, -0.1) is 0 Å². The van der Waals surface area contributed by atoms with E-state index in [1.54, 1.807) is 0 Å². The van der Waals surface area contributed by atoms with Crippen LogP contribution >= 0.6 is 25.3 Å². The fourth-order valence-corrected chi connectivity index (χ4v) is 0.709. The quantitative estimate of drug-likeness (QED) is 0.342. The molecule has 0 atom stereocenters. The molecule has 0 N–H and O–H groups in total. The van der Waals surface area contributed by atoms with Crippen molar-refractivity contribution in [2.45, 2.75) is 0 Å². The van der Waals surface area contributed by atoms with E-state index in [0.29, 0.717) is 26.4 Å². The minimum Gasteiger partial charge on any atom is -0.378 e. The van der Waals surface area contributed by atoms with Crippen LogP contribution < -0.4 is 0 Å². The molecule has 0 amide bonds. The van der Waals surface area contributed by atoms with Crippen LogP contribution in [0.1, 0.15) is 0 Å². The van der Waals surface area contributed by atoms with Gasteiger partial charge in [-0.25, -0.2) is 0 Å². The van der Waals surface area contributed by atoms with Crippen LogP contribution in [-0.2, 0) is 9.47 Å². The van der Waals surface area contributed by atoms with Crippen molar-refractivity contribution >= 4 is 63.0 Å².